The van der Waals surface area contributed by atoms with Gasteiger partial charge in [-0.1, -0.05) is 78.9 Å². The van der Waals surface area contributed by atoms with E-state index in [0.717, 1.165) is 54.8 Å². The first-order valence-electron chi connectivity index (χ1n) is 10.9. The third-order valence-corrected chi connectivity index (χ3v) is 6.10. The summed E-state index contributed by atoms with van der Waals surface area (Å²) in [6.45, 7) is 3.85. The van der Waals surface area contributed by atoms with Crippen LogP contribution in [0, 0.1) is 18.3 Å². The number of nitrogens with one attached hydrogen (secondary N) is 1. The lowest BCUT2D eigenvalue weighted by Gasteiger charge is -2.28. The van der Waals surface area contributed by atoms with Crippen LogP contribution in [0.2, 0.25) is 0 Å². The molecule has 0 fully saturated rings. The predicted octanol–water partition coefficient (Wildman–Crippen LogP) is 6.16. The predicted molar refractivity (Wildman–Crippen MR) is 126 cm³/mol. The maximum absolute atomic E-state index is 10.3. The number of aryl methyl sites for hydroxylation is 1. The SMILES string of the molecule is Cc1c(CCNCCCC(C#N)(c2ccccc2)c2ccccc2)oc2ccccc12. The van der Waals surface area contributed by atoms with Crippen LogP contribution >= 0.6 is 0 Å². The summed E-state index contributed by atoms with van der Waals surface area (Å²) in [6.07, 6.45) is 2.55. The first kappa shape index (κ1) is 20.9. The summed E-state index contributed by atoms with van der Waals surface area (Å²) in [5, 5.41) is 15.0. The van der Waals surface area contributed by atoms with Crippen LogP contribution in [0.15, 0.2) is 89.3 Å². The molecule has 31 heavy (non-hydrogen) atoms. The summed E-state index contributed by atoms with van der Waals surface area (Å²) in [5.41, 5.74) is 3.68. The Labute approximate surface area is 184 Å². The summed E-state index contributed by atoms with van der Waals surface area (Å²) in [7, 11) is 0. The van der Waals surface area contributed by atoms with E-state index >= 15 is 0 Å². The fraction of sp³-hybridized carbons (Fsp3) is 0.250. The van der Waals surface area contributed by atoms with Gasteiger partial charge in [0.05, 0.1) is 6.07 Å². The Morgan fingerprint density at radius 2 is 1.45 bits per heavy atom. The molecule has 3 heteroatoms. The number of furan rings is 1. The Balaban J connectivity index is 1.37. The smallest absolute Gasteiger partial charge is 0.134 e. The lowest BCUT2D eigenvalue weighted by atomic mass is 9.72. The van der Waals surface area contributed by atoms with Crippen molar-refractivity contribution in [2.75, 3.05) is 13.1 Å². The molecule has 0 radical (unpaired) electrons. The molecule has 0 aliphatic rings. The summed E-state index contributed by atoms with van der Waals surface area (Å²) in [5.74, 6) is 1.05. The van der Waals surface area contributed by atoms with Gasteiger partial charge in [-0.2, -0.15) is 5.26 Å². The second-order valence-corrected chi connectivity index (χ2v) is 8.00. The van der Waals surface area contributed by atoms with Gasteiger partial charge in [-0.25, -0.2) is 0 Å². The number of rotatable bonds is 9. The molecule has 0 aliphatic heterocycles. The summed E-state index contributed by atoms with van der Waals surface area (Å²) < 4.78 is 6.01. The maximum atomic E-state index is 10.3. The molecule has 0 saturated heterocycles. The Hall–Kier alpha value is -3.35. The van der Waals surface area contributed by atoms with Crippen molar-refractivity contribution in [1.82, 2.24) is 5.32 Å². The molecule has 1 heterocycles. The Kier molecular flexibility index (Phi) is 6.50. The monoisotopic (exact) mass is 408 g/mol. The number of hydrogen-bond donors (Lipinski definition) is 1. The number of nitriles is 1. The van der Waals surface area contributed by atoms with Crippen LogP contribution in [0.3, 0.4) is 0 Å². The zero-order valence-corrected chi connectivity index (χ0v) is 18.0. The van der Waals surface area contributed by atoms with E-state index in [-0.39, 0.29) is 0 Å². The molecule has 4 aromatic rings. The van der Waals surface area contributed by atoms with E-state index in [4.69, 9.17) is 4.42 Å². The molecule has 0 bridgehead atoms. The van der Waals surface area contributed by atoms with Gasteiger partial charge in [0.15, 0.2) is 0 Å². The molecule has 0 spiro atoms. The minimum atomic E-state index is -0.625. The van der Waals surface area contributed by atoms with Crippen molar-refractivity contribution >= 4 is 11.0 Å². The molecule has 3 aromatic carbocycles. The van der Waals surface area contributed by atoms with Gasteiger partial charge in [0, 0.05) is 18.4 Å². The van der Waals surface area contributed by atoms with E-state index in [2.05, 4.69) is 48.6 Å². The average molecular weight is 409 g/mol. The lowest BCUT2D eigenvalue weighted by Crippen LogP contribution is -2.28. The largest absolute Gasteiger partial charge is 0.461 e. The summed E-state index contributed by atoms with van der Waals surface area (Å²) in [6, 6.07) is 31.1. The van der Waals surface area contributed by atoms with Crippen LogP contribution in [0.4, 0.5) is 0 Å². The molecule has 0 amide bonds. The average Bonchev–Trinajstić information content (AvgIpc) is 3.15. The van der Waals surface area contributed by atoms with E-state index in [1.165, 1.54) is 10.9 Å². The normalized spacial score (nSPS) is 11.5. The third kappa shape index (κ3) is 4.40. The quantitative estimate of drug-likeness (QED) is 0.337. The minimum absolute atomic E-state index is 0.625. The molecule has 0 saturated carbocycles. The molecule has 4 rings (SSSR count). The van der Waals surface area contributed by atoms with Gasteiger partial charge in [0.25, 0.3) is 0 Å². The molecule has 0 aliphatic carbocycles. The second kappa shape index (κ2) is 9.64. The molecule has 1 N–H and O–H groups in total. The highest BCUT2D eigenvalue weighted by molar-refractivity contribution is 5.81. The van der Waals surface area contributed by atoms with Crippen molar-refractivity contribution in [2.45, 2.75) is 31.6 Å². The number of para-hydroxylation sites is 1. The fourth-order valence-corrected chi connectivity index (χ4v) is 4.35. The van der Waals surface area contributed by atoms with Crippen molar-refractivity contribution in [3.05, 3.63) is 107 Å². The van der Waals surface area contributed by atoms with Crippen molar-refractivity contribution in [3.63, 3.8) is 0 Å². The third-order valence-electron chi connectivity index (χ3n) is 6.10. The van der Waals surface area contributed by atoms with E-state index in [1.54, 1.807) is 0 Å². The number of fused-ring (bicyclic) bond motifs is 1. The van der Waals surface area contributed by atoms with Crippen LogP contribution in [-0.4, -0.2) is 13.1 Å². The van der Waals surface area contributed by atoms with Gasteiger partial charge in [-0.05, 0) is 49.1 Å². The van der Waals surface area contributed by atoms with Crippen LogP contribution in [0.25, 0.3) is 11.0 Å². The number of hydrogen-bond acceptors (Lipinski definition) is 3. The molecular weight excluding hydrogens is 380 g/mol. The Morgan fingerprint density at radius 3 is 2.06 bits per heavy atom. The number of benzene rings is 3. The highest BCUT2D eigenvalue weighted by Gasteiger charge is 2.33. The fourth-order valence-electron chi connectivity index (χ4n) is 4.35. The first-order chi connectivity index (χ1) is 15.2. The zero-order chi connectivity index (χ0) is 21.5. The van der Waals surface area contributed by atoms with Crippen LogP contribution in [-0.2, 0) is 11.8 Å². The molecular formula is C28H28N2O. The van der Waals surface area contributed by atoms with Crippen molar-refractivity contribution in [2.24, 2.45) is 0 Å². The maximum Gasteiger partial charge on any atom is 0.134 e. The highest BCUT2D eigenvalue weighted by atomic mass is 16.3. The van der Waals surface area contributed by atoms with Gasteiger partial charge in [-0.15, -0.1) is 0 Å². The molecule has 156 valence electrons. The van der Waals surface area contributed by atoms with Crippen molar-refractivity contribution in [3.8, 4) is 6.07 Å². The molecule has 0 unspecified atom stereocenters. The second-order valence-electron chi connectivity index (χ2n) is 8.00. The minimum Gasteiger partial charge on any atom is -0.461 e. The van der Waals surface area contributed by atoms with Gasteiger partial charge in [0.1, 0.15) is 16.8 Å². The van der Waals surface area contributed by atoms with Crippen molar-refractivity contribution < 1.29 is 4.42 Å². The summed E-state index contributed by atoms with van der Waals surface area (Å²) >= 11 is 0. The molecule has 1 aromatic heterocycles. The van der Waals surface area contributed by atoms with Crippen LogP contribution in [0.1, 0.15) is 35.3 Å². The Bertz CT molecular complexity index is 1120. The van der Waals surface area contributed by atoms with Gasteiger partial charge >= 0.3 is 0 Å². The van der Waals surface area contributed by atoms with E-state index in [1.807, 2.05) is 54.6 Å². The van der Waals surface area contributed by atoms with Gasteiger partial charge < -0.3 is 9.73 Å². The molecule has 0 atom stereocenters. The first-order valence-corrected chi connectivity index (χ1v) is 10.9. The van der Waals surface area contributed by atoms with Crippen molar-refractivity contribution in [1.29, 1.82) is 5.26 Å². The van der Waals surface area contributed by atoms with E-state index in [9.17, 15) is 5.26 Å². The van der Waals surface area contributed by atoms with Gasteiger partial charge in [0.2, 0.25) is 0 Å². The van der Waals surface area contributed by atoms with Gasteiger partial charge in [-0.3, -0.25) is 0 Å². The zero-order valence-electron chi connectivity index (χ0n) is 18.0. The van der Waals surface area contributed by atoms with E-state index < -0.39 is 5.41 Å². The summed E-state index contributed by atoms with van der Waals surface area (Å²) in [4.78, 5) is 0. The lowest BCUT2D eigenvalue weighted by molar-refractivity contribution is 0.508. The Morgan fingerprint density at radius 1 is 0.839 bits per heavy atom. The topological polar surface area (TPSA) is 49.0 Å². The standard InChI is InChI=1S/C28H28N2O/c1-22-25-15-8-9-16-27(25)31-26(22)17-20-30-19-10-18-28(21-29,23-11-4-2-5-12-23)24-13-6-3-7-14-24/h2-9,11-16,30H,10,17-20H2,1H3. The van der Waals surface area contributed by atoms with Crippen LogP contribution in [0.5, 0.6) is 0 Å². The molecule has 3 nitrogen and oxygen atoms in total. The number of nitrogens with zero attached hydrogens (tertiary/aromatic N) is 1. The van der Waals surface area contributed by atoms with E-state index in [0.29, 0.717) is 0 Å². The highest BCUT2D eigenvalue weighted by Crippen LogP contribution is 2.36. The van der Waals surface area contributed by atoms with Crippen LogP contribution < -0.4 is 5.32 Å².